The van der Waals surface area contributed by atoms with Crippen molar-refractivity contribution < 1.29 is 0 Å². The fourth-order valence-corrected chi connectivity index (χ4v) is 16.1. The molecule has 4 nitrogen and oxygen atoms in total. The van der Waals surface area contributed by atoms with Gasteiger partial charge in [0.25, 0.3) is 0 Å². The maximum Gasteiger partial charge on any atom is 0.0725 e. The Hall–Kier alpha value is -12.5. The lowest BCUT2D eigenvalue weighted by Crippen LogP contribution is -2.25. The second kappa shape index (κ2) is 21.8. The summed E-state index contributed by atoms with van der Waals surface area (Å²) in [5.41, 5.74) is 29.6. The molecule has 2 heterocycles. The molecule has 15 aromatic carbocycles. The molecule has 4 heteroatoms. The molecule has 19 rings (SSSR count). The predicted molar refractivity (Wildman–Crippen MR) is 397 cm³/mol. The molecule has 0 amide bonds. The summed E-state index contributed by atoms with van der Waals surface area (Å²) >= 11 is 0. The van der Waals surface area contributed by atoms with Gasteiger partial charge in [0.05, 0.1) is 38.9 Å². The summed E-state index contributed by atoms with van der Waals surface area (Å²) in [5, 5.41) is 4.67. The summed E-state index contributed by atoms with van der Waals surface area (Å²) in [5.74, 6) is 0. The molecular formula is C91H60N4. The number of benzene rings is 15. The summed E-state index contributed by atoms with van der Waals surface area (Å²) in [6.07, 6.45) is 0. The van der Waals surface area contributed by atoms with Crippen molar-refractivity contribution in [2.24, 2.45) is 0 Å². The largest absolute Gasteiger partial charge is 0.310 e. The minimum atomic E-state index is -0.542. The molecule has 0 radical (unpaired) electrons. The van der Waals surface area contributed by atoms with Gasteiger partial charge in [-0.15, -0.1) is 0 Å². The topological polar surface area (TPSA) is 16.3 Å². The lowest BCUT2D eigenvalue weighted by Gasteiger charge is -2.32. The average Bonchev–Trinajstić information content (AvgIpc) is 1.52. The third-order valence-electron chi connectivity index (χ3n) is 20.1. The molecule has 0 saturated carbocycles. The monoisotopic (exact) mass is 1210 g/mol. The molecule has 17 aromatic rings. The Kier molecular flexibility index (Phi) is 12.5. The van der Waals surface area contributed by atoms with E-state index >= 15 is 0 Å². The predicted octanol–water partition coefficient (Wildman–Crippen LogP) is 24.2. The number of nitrogens with zero attached hydrogens (tertiary/aromatic N) is 4. The lowest BCUT2D eigenvalue weighted by atomic mass is 9.70. The van der Waals surface area contributed by atoms with Gasteiger partial charge in [-0.2, -0.15) is 0 Å². The molecule has 2 aliphatic rings. The van der Waals surface area contributed by atoms with Gasteiger partial charge in [0.15, 0.2) is 0 Å². The zero-order valence-corrected chi connectivity index (χ0v) is 51.9. The highest BCUT2D eigenvalue weighted by Gasteiger charge is 2.51. The van der Waals surface area contributed by atoms with Crippen molar-refractivity contribution in [1.29, 1.82) is 0 Å². The quantitative estimate of drug-likeness (QED) is 0.128. The van der Waals surface area contributed by atoms with Crippen LogP contribution in [0.4, 0.5) is 34.1 Å². The lowest BCUT2D eigenvalue weighted by molar-refractivity contribution is 0.794. The van der Waals surface area contributed by atoms with E-state index in [-0.39, 0.29) is 0 Å². The van der Waals surface area contributed by atoms with Gasteiger partial charge >= 0.3 is 0 Å². The summed E-state index contributed by atoms with van der Waals surface area (Å²) in [6.45, 7) is 0. The molecule has 0 saturated heterocycles. The summed E-state index contributed by atoms with van der Waals surface area (Å²) in [4.78, 5) is 5.05. The van der Waals surface area contributed by atoms with Crippen LogP contribution in [0, 0.1) is 0 Å². The van der Waals surface area contributed by atoms with Crippen molar-refractivity contribution in [2.75, 3.05) is 9.80 Å². The molecule has 0 fully saturated rings. The van der Waals surface area contributed by atoms with Crippen LogP contribution in [0.5, 0.6) is 0 Å². The van der Waals surface area contributed by atoms with Crippen LogP contribution in [0.2, 0.25) is 0 Å². The second-order valence-corrected chi connectivity index (χ2v) is 25.1. The molecule has 2 aromatic heterocycles. The highest BCUT2D eigenvalue weighted by molar-refractivity contribution is 6.18. The van der Waals surface area contributed by atoms with Crippen molar-refractivity contribution >= 4 is 77.7 Å². The molecule has 0 N–H and O–H groups in total. The third kappa shape index (κ3) is 8.41. The molecular weight excluding hydrogens is 1150 g/mol. The van der Waals surface area contributed by atoms with Gasteiger partial charge in [-0.25, -0.2) is 0 Å². The van der Waals surface area contributed by atoms with Crippen LogP contribution in [0.15, 0.2) is 364 Å². The average molecular weight is 1210 g/mol. The number of para-hydroxylation sites is 4. The molecule has 95 heavy (non-hydrogen) atoms. The number of fused-ring (bicyclic) bond motifs is 16. The van der Waals surface area contributed by atoms with E-state index < -0.39 is 5.41 Å². The molecule has 0 bridgehead atoms. The van der Waals surface area contributed by atoms with Gasteiger partial charge in [-0.1, -0.05) is 255 Å². The Morgan fingerprint density at radius 1 is 0.211 bits per heavy atom. The fourth-order valence-electron chi connectivity index (χ4n) is 16.1. The van der Waals surface area contributed by atoms with Crippen LogP contribution < -0.4 is 9.80 Å². The van der Waals surface area contributed by atoms with Gasteiger partial charge in [0, 0.05) is 55.7 Å². The van der Waals surface area contributed by atoms with Crippen LogP contribution in [0.25, 0.3) is 111 Å². The molecule has 0 aliphatic heterocycles. The fraction of sp³-hybridized carbons (Fsp3) is 0.0110. The standard InChI is InChI=1S/C91H60N4/c1-5-25-61(26-6-1)63-47-52-69(53-48-63)92(85-43-23-45-87-89(85)77-36-16-21-41-83(77)94(87)67-29-9-3-10-30-67)71-57-66(65-51-56-76-75-35-15-20-40-81(75)91(82(76)59-65)79-38-18-13-33-73(79)74-34-14-19-39-80(74)91)58-72(60-71)93(70-54-49-64(50-55-70)62-27-7-2-8-28-62)86-44-24-46-88-90(86)78-37-17-22-42-84(78)95(88)68-31-11-4-12-32-68/h1-60H. The molecule has 444 valence electrons. The zero-order chi connectivity index (χ0) is 62.6. The normalized spacial score (nSPS) is 12.5. The van der Waals surface area contributed by atoms with E-state index in [0.29, 0.717) is 0 Å². The van der Waals surface area contributed by atoms with Crippen LogP contribution in [-0.2, 0) is 5.41 Å². The van der Waals surface area contributed by atoms with Gasteiger partial charge in [-0.05, 0) is 187 Å². The number of anilines is 6. The van der Waals surface area contributed by atoms with Crippen molar-refractivity contribution in [1.82, 2.24) is 9.13 Å². The Morgan fingerprint density at radius 2 is 0.558 bits per heavy atom. The minimum absolute atomic E-state index is 0.542. The first-order valence-corrected chi connectivity index (χ1v) is 32.8. The van der Waals surface area contributed by atoms with Crippen LogP contribution in [-0.4, -0.2) is 9.13 Å². The van der Waals surface area contributed by atoms with E-state index in [9.17, 15) is 0 Å². The highest BCUT2D eigenvalue weighted by Crippen LogP contribution is 2.63. The molecule has 0 atom stereocenters. The van der Waals surface area contributed by atoms with E-state index in [0.717, 1.165) is 101 Å². The van der Waals surface area contributed by atoms with Crippen molar-refractivity contribution in [3.8, 4) is 67.0 Å². The number of aromatic nitrogens is 2. The Bertz CT molecular complexity index is 5500. The molecule has 0 unspecified atom stereocenters. The maximum atomic E-state index is 2.54. The van der Waals surface area contributed by atoms with Crippen LogP contribution >= 0.6 is 0 Å². The van der Waals surface area contributed by atoms with Gasteiger partial charge < -0.3 is 18.9 Å². The Morgan fingerprint density at radius 3 is 1.00 bits per heavy atom. The van der Waals surface area contributed by atoms with E-state index in [1.165, 1.54) is 66.4 Å². The van der Waals surface area contributed by atoms with E-state index in [2.05, 4.69) is 383 Å². The van der Waals surface area contributed by atoms with Gasteiger partial charge in [-0.3, -0.25) is 0 Å². The summed E-state index contributed by atoms with van der Waals surface area (Å²) in [7, 11) is 0. The summed E-state index contributed by atoms with van der Waals surface area (Å²) in [6, 6.07) is 135. The number of hydrogen-bond donors (Lipinski definition) is 0. The maximum absolute atomic E-state index is 2.54. The second-order valence-electron chi connectivity index (χ2n) is 25.1. The zero-order valence-electron chi connectivity index (χ0n) is 51.9. The van der Waals surface area contributed by atoms with E-state index in [1.807, 2.05) is 0 Å². The highest BCUT2D eigenvalue weighted by atomic mass is 15.2. The third-order valence-corrected chi connectivity index (χ3v) is 20.1. The SMILES string of the molecule is c1ccc(-c2ccc(N(c3cc(-c4ccc5c(c4)C4(c6ccccc6-c6ccccc64)c4ccccc4-5)cc(N(c4ccc(-c5ccccc5)cc4)c4cccc5c4c4ccccc4n5-c4ccccc4)c3)c3cccc4c3c3ccccc3n4-c3ccccc3)cc2)cc1. The minimum Gasteiger partial charge on any atom is -0.310 e. The Balaban J connectivity index is 0.924. The van der Waals surface area contributed by atoms with Crippen LogP contribution in [0.1, 0.15) is 22.3 Å². The summed E-state index contributed by atoms with van der Waals surface area (Å²) < 4.78 is 4.86. The smallest absolute Gasteiger partial charge is 0.0725 e. The first kappa shape index (κ1) is 54.3. The first-order valence-electron chi connectivity index (χ1n) is 32.8. The molecule has 1 spiro atoms. The van der Waals surface area contributed by atoms with Gasteiger partial charge in [0.2, 0.25) is 0 Å². The van der Waals surface area contributed by atoms with E-state index in [4.69, 9.17) is 0 Å². The van der Waals surface area contributed by atoms with Crippen molar-refractivity contribution in [3.05, 3.63) is 386 Å². The van der Waals surface area contributed by atoms with Gasteiger partial charge in [0.1, 0.15) is 0 Å². The van der Waals surface area contributed by atoms with E-state index in [1.54, 1.807) is 0 Å². The van der Waals surface area contributed by atoms with Crippen molar-refractivity contribution in [3.63, 3.8) is 0 Å². The van der Waals surface area contributed by atoms with Crippen molar-refractivity contribution in [2.45, 2.75) is 5.41 Å². The number of hydrogen-bond acceptors (Lipinski definition) is 2. The first-order chi connectivity index (χ1) is 47.2. The number of rotatable bonds is 11. The Labute approximate surface area is 552 Å². The molecule has 2 aliphatic carbocycles. The van der Waals surface area contributed by atoms with Crippen LogP contribution in [0.3, 0.4) is 0 Å².